The number of thiol groups is 1. The SMILES string of the molecule is C=CC(=O)NC(C)(C)SS. The first-order valence-electron chi connectivity index (χ1n) is 2.79. The number of hydrogen-bond donors (Lipinski definition) is 2. The van der Waals surface area contributed by atoms with E-state index < -0.39 is 0 Å². The van der Waals surface area contributed by atoms with Crippen molar-refractivity contribution in [2.45, 2.75) is 18.7 Å². The van der Waals surface area contributed by atoms with E-state index in [0.29, 0.717) is 0 Å². The molecule has 4 heteroatoms. The van der Waals surface area contributed by atoms with E-state index in [2.05, 4.69) is 23.6 Å². The Morgan fingerprint density at radius 1 is 1.80 bits per heavy atom. The highest BCUT2D eigenvalue weighted by Gasteiger charge is 2.17. The van der Waals surface area contributed by atoms with Gasteiger partial charge in [-0.15, -0.1) is 11.7 Å². The number of carbonyl (C=O) groups excluding carboxylic acids is 1. The zero-order valence-corrected chi connectivity index (χ0v) is 7.76. The minimum absolute atomic E-state index is 0.174. The maximum absolute atomic E-state index is 10.7. The second kappa shape index (κ2) is 3.93. The van der Waals surface area contributed by atoms with Crippen LogP contribution in [0.5, 0.6) is 0 Å². The summed E-state index contributed by atoms with van der Waals surface area (Å²) in [5.74, 6) is -0.174. The minimum atomic E-state index is -0.325. The van der Waals surface area contributed by atoms with Crippen LogP contribution in [-0.2, 0) is 4.79 Å². The number of carbonyl (C=O) groups is 1. The predicted octanol–water partition coefficient (Wildman–Crippen LogP) is 1.60. The molecule has 0 aromatic rings. The van der Waals surface area contributed by atoms with Gasteiger partial charge in [-0.2, -0.15) is 0 Å². The van der Waals surface area contributed by atoms with Gasteiger partial charge >= 0.3 is 0 Å². The summed E-state index contributed by atoms with van der Waals surface area (Å²) in [6, 6.07) is 0. The molecular formula is C6H11NOS2. The van der Waals surface area contributed by atoms with Crippen LogP contribution in [0, 0.1) is 0 Å². The van der Waals surface area contributed by atoms with E-state index in [-0.39, 0.29) is 10.8 Å². The van der Waals surface area contributed by atoms with Gasteiger partial charge in [0.05, 0.1) is 4.87 Å². The van der Waals surface area contributed by atoms with Crippen molar-refractivity contribution in [1.29, 1.82) is 0 Å². The summed E-state index contributed by atoms with van der Waals surface area (Å²) in [5.41, 5.74) is 0. The number of hydrogen-bond acceptors (Lipinski definition) is 3. The van der Waals surface area contributed by atoms with Crippen molar-refractivity contribution in [2.75, 3.05) is 0 Å². The topological polar surface area (TPSA) is 29.1 Å². The lowest BCUT2D eigenvalue weighted by Crippen LogP contribution is -2.38. The Labute approximate surface area is 70.3 Å². The van der Waals surface area contributed by atoms with Gasteiger partial charge in [-0.1, -0.05) is 17.4 Å². The third-order valence-electron chi connectivity index (χ3n) is 0.838. The fraction of sp³-hybridized carbons (Fsp3) is 0.500. The minimum Gasteiger partial charge on any atom is -0.338 e. The molecule has 0 aliphatic heterocycles. The van der Waals surface area contributed by atoms with Crippen LogP contribution in [0.15, 0.2) is 12.7 Å². The van der Waals surface area contributed by atoms with Gasteiger partial charge in [0, 0.05) is 0 Å². The molecule has 2 nitrogen and oxygen atoms in total. The van der Waals surface area contributed by atoms with E-state index >= 15 is 0 Å². The van der Waals surface area contributed by atoms with E-state index in [1.165, 1.54) is 16.9 Å². The van der Waals surface area contributed by atoms with Crippen molar-refractivity contribution >= 4 is 28.4 Å². The number of rotatable bonds is 3. The molecule has 0 atom stereocenters. The van der Waals surface area contributed by atoms with Crippen molar-refractivity contribution in [2.24, 2.45) is 0 Å². The van der Waals surface area contributed by atoms with Crippen LogP contribution in [-0.4, -0.2) is 10.8 Å². The average Bonchev–Trinajstić information content (AvgIpc) is 1.87. The molecule has 0 rings (SSSR count). The zero-order chi connectivity index (χ0) is 8.20. The van der Waals surface area contributed by atoms with Gasteiger partial charge in [-0.25, -0.2) is 0 Å². The van der Waals surface area contributed by atoms with Gasteiger partial charge in [-0.3, -0.25) is 4.79 Å². The maximum atomic E-state index is 10.7. The molecule has 1 amide bonds. The quantitative estimate of drug-likeness (QED) is 0.297. The summed E-state index contributed by atoms with van der Waals surface area (Å²) in [7, 11) is 1.29. The van der Waals surface area contributed by atoms with E-state index in [0.717, 1.165) is 0 Å². The number of nitrogens with one attached hydrogen (secondary N) is 1. The molecule has 0 aliphatic rings. The molecule has 0 fully saturated rings. The van der Waals surface area contributed by atoms with Crippen LogP contribution in [0.3, 0.4) is 0 Å². The third kappa shape index (κ3) is 3.85. The Hall–Kier alpha value is -0.0900. The van der Waals surface area contributed by atoms with Gasteiger partial charge in [0.25, 0.3) is 0 Å². The Morgan fingerprint density at radius 3 is 2.60 bits per heavy atom. The van der Waals surface area contributed by atoms with Crippen molar-refractivity contribution in [3.63, 3.8) is 0 Å². The molecular weight excluding hydrogens is 166 g/mol. The molecule has 0 spiro atoms. The molecule has 58 valence electrons. The Morgan fingerprint density at radius 2 is 2.30 bits per heavy atom. The smallest absolute Gasteiger partial charge is 0.244 e. The lowest BCUT2D eigenvalue weighted by Gasteiger charge is -2.21. The molecule has 0 radical (unpaired) electrons. The summed E-state index contributed by atoms with van der Waals surface area (Å²) in [6.45, 7) is 7.07. The average molecular weight is 177 g/mol. The van der Waals surface area contributed by atoms with Gasteiger partial charge in [-0.05, 0) is 19.9 Å². The standard InChI is InChI=1S/C6H11NOS2/c1-4-5(8)7-6(2,3)10-9/h4,9H,1H2,2-3H3,(H,7,8). The van der Waals surface area contributed by atoms with E-state index in [4.69, 9.17) is 0 Å². The summed E-state index contributed by atoms with van der Waals surface area (Å²) >= 11 is 3.98. The van der Waals surface area contributed by atoms with Crippen LogP contribution in [0.2, 0.25) is 0 Å². The van der Waals surface area contributed by atoms with E-state index in [9.17, 15) is 4.79 Å². The summed E-state index contributed by atoms with van der Waals surface area (Å²) in [4.78, 5) is 10.4. The van der Waals surface area contributed by atoms with Crippen molar-refractivity contribution in [3.8, 4) is 0 Å². The van der Waals surface area contributed by atoms with Crippen LogP contribution >= 0.6 is 22.5 Å². The van der Waals surface area contributed by atoms with E-state index in [1.807, 2.05) is 13.8 Å². The summed E-state index contributed by atoms with van der Waals surface area (Å²) in [6.07, 6.45) is 1.24. The predicted molar refractivity (Wildman–Crippen MR) is 49.0 cm³/mol. The Kier molecular flexibility index (Phi) is 3.89. The normalized spacial score (nSPS) is 10.7. The van der Waals surface area contributed by atoms with Crippen LogP contribution in [0.1, 0.15) is 13.8 Å². The molecule has 0 aromatic carbocycles. The first kappa shape index (κ1) is 9.91. The molecule has 0 aliphatic carbocycles. The first-order valence-corrected chi connectivity index (χ1v) is 4.66. The van der Waals surface area contributed by atoms with Gasteiger partial charge < -0.3 is 5.32 Å². The molecule has 1 N–H and O–H groups in total. The van der Waals surface area contributed by atoms with Crippen LogP contribution < -0.4 is 5.32 Å². The largest absolute Gasteiger partial charge is 0.338 e. The van der Waals surface area contributed by atoms with Crippen molar-refractivity contribution in [1.82, 2.24) is 5.32 Å². The molecule has 0 aromatic heterocycles. The highest BCUT2D eigenvalue weighted by atomic mass is 33.1. The monoisotopic (exact) mass is 177 g/mol. The number of amides is 1. The molecule has 0 saturated carbocycles. The molecule has 0 unspecified atom stereocenters. The van der Waals surface area contributed by atoms with Gasteiger partial charge in [0.15, 0.2) is 0 Å². The molecule has 0 heterocycles. The molecule has 0 bridgehead atoms. The molecule has 10 heavy (non-hydrogen) atoms. The van der Waals surface area contributed by atoms with Crippen LogP contribution in [0.25, 0.3) is 0 Å². The summed E-state index contributed by atoms with van der Waals surface area (Å²) < 4.78 is 0. The highest BCUT2D eigenvalue weighted by Crippen LogP contribution is 2.23. The third-order valence-corrected chi connectivity index (χ3v) is 2.77. The lowest BCUT2D eigenvalue weighted by atomic mass is 10.4. The van der Waals surface area contributed by atoms with Crippen molar-refractivity contribution in [3.05, 3.63) is 12.7 Å². The van der Waals surface area contributed by atoms with Crippen molar-refractivity contribution < 1.29 is 4.79 Å². The molecule has 0 saturated heterocycles. The zero-order valence-electron chi connectivity index (χ0n) is 6.05. The second-order valence-electron chi connectivity index (χ2n) is 2.29. The van der Waals surface area contributed by atoms with Gasteiger partial charge in [0.1, 0.15) is 0 Å². The Balaban J connectivity index is 3.87. The highest BCUT2D eigenvalue weighted by molar-refractivity contribution is 8.69. The fourth-order valence-electron chi connectivity index (χ4n) is 0.371. The maximum Gasteiger partial charge on any atom is 0.244 e. The van der Waals surface area contributed by atoms with Gasteiger partial charge in [0.2, 0.25) is 5.91 Å². The van der Waals surface area contributed by atoms with Crippen LogP contribution in [0.4, 0.5) is 0 Å². The fourth-order valence-corrected chi connectivity index (χ4v) is 0.654. The lowest BCUT2D eigenvalue weighted by molar-refractivity contribution is -0.117. The Bertz CT molecular complexity index is 145. The first-order chi connectivity index (χ1) is 4.52. The second-order valence-corrected chi connectivity index (χ2v) is 4.05. The van der Waals surface area contributed by atoms with E-state index in [1.54, 1.807) is 0 Å². The summed E-state index contributed by atoms with van der Waals surface area (Å²) in [5, 5.41) is 2.69.